The minimum absolute atomic E-state index is 0.147. The second kappa shape index (κ2) is 8.84. The topological polar surface area (TPSA) is 84.2 Å². The van der Waals surface area contributed by atoms with Crippen molar-refractivity contribution in [2.45, 2.75) is 18.9 Å². The van der Waals surface area contributed by atoms with Crippen molar-refractivity contribution in [1.29, 1.82) is 5.26 Å². The van der Waals surface area contributed by atoms with Crippen LogP contribution in [0.1, 0.15) is 16.7 Å². The van der Waals surface area contributed by atoms with Crippen molar-refractivity contribution in [1.82, 2.24) is 4.98 Å². The summed E-state index contributed by atoms with van der Waals surface area (Å²) in [6.45, 7) is 3.96. The van der Waals surface area contributed by atoms with Crippen LogP contribution < -0.4 is 14.8 Å². The number of carbonyl (C=O) groups excluding carboxylic acids is 1. The monoisotopic (exact) mass is 407 g/mol. The molecule has 6 nitrogen and oxygen atoms in total. The third kappa shape index (κ3) is 4.61. The molecule has 0 fully saturated rings. The van der Waals surface area contributed by atoms with Crippen LogP contribution in [0, 0.1) is 25.2 Å². The van der Waals surface area contributed by atoms with Crippen molar-refractivity contribution in [3.63, 3.8) is 0 Å². The van der Waals surface area contributed by atoms with Gasteiger partial charge in [-0.2, -0.15) is 5.26 Å². The Labute approximate surface area is 173 Å². The number of aromatic nitrogens is 1. The predicted octanol–water partition coefficient (Wildman–Crippen LogP) is 4.47. The standard InChI is InChI=1S/C22H21N3O3S/c1-13-5-6-17(14(2)7-13)24-21(26)12-29-22-16(11-23)8-15-9-19(27-3)20(28-4)10-18(15)25-22/h5-10H,12H2,1-4H3,(H,24,26). The van der Waals surface area contributed by atoms with Gasteiger partial charge in [-0.05, 0) is 37.6 Å². The number of nitrogens with one attached hydrogen (secondary N) is 1. The first kappa shape index (κ1) is 20.5. The van der Waals surface area contributed by atoms with Gasteiger partial charge in [0.2, 0.25) is 5.91 Å². The zero-order valence-electron chi connectivity index (χ0n) is 16.7. The van der Waals surface area contributed by atoms with Gasteiger partial charge in [0.05, 0.1) is 31.1 Å². The van der Waals surface area contributed by atoms with Gasteiger partial charge in [-0.3, -0.25) is 4.79 Å². The van der Waals surface area contributed by atoms with Gasteiger partial charge in [0.1, 0.15) is 11.1 Å². The number of methoxy groups -OCH3 is 2. The lowest BCUT2D eigenvalue weighted by Crippen LogP contribution is -2.15. The SMILES string of the molecule is COc1cc2cc(C#N)c(SCC(=O)Nc3ccc(C)cc3C)nc2cc1OC. The van der Waals surface area contributed by atoms with E-state index in [0.29, 0.717) is 27.6 Å². The summed E-state index contributed by atoms with van der Waals surface area (Å²) in [7, 11) is 3.11. The number of hydrogen-bond acceptors (Lipinski definition) is 6. The molecule has 0 aliphatic heterocycles. The molecule has 7 heteroatoms. The van der Waals surface area contributed by atoms with Crippen molar-refractivity contribution in [2.24, 2.45) is 0 Å². The van der Waals surface area contributed by atoms with Crippen LogP contribution in [-0.2, 0) is 4.79 Å². The van der Waals surface area contributed by atoms with Crippen LogP contribution in [0.2, 0.25) is 0 Å². The minimum atomic E-state index is -0.153. The first-order valence-electron chi connectivity index (χ1n) is 8.92. The van der Waals surface area contributed by atoms with Gasteiger partial charge in [-0.25, -0.2) is 4.98 Å². The Kier molecular flexibility index (Phi) is 6.25. The average molecular weight is 407 g/mol. The second-order valence-corrected chi connectivity index (χ2v) is 7.47. The maximum absolute atomic E-state index is 12.4. The molecule has 1 aromatic heterocycles. The number of anilines is 1. The number of aryl methyl sites for hydroxylation is 2. The number of nitriles is 1. The molecule has 0 aliphatic carbocycles. The second-order valence-electron chi connectivity index (χ2n) is 6.51. The number of hydrogen-bond donors (Lipinski definition) is 1. The molecule has 0 saturated carbocycles. The molecule has 0 radical (unpaired) electrons. The van der Waals surface area contributed by atoms with E-state index in [4.69, 9.17) is 9.47 Å². The van der Waals surface area contributed by atoms with Crippen molar-refractivity contribution >= 4 is 34.3 Å². The van der Waals surface area contributed by atoms with E-state index in [9.17, 15) is 10.1 Å². The summed E-state index contributed by atoms with van der Waals surface area (Å²) < 4.78 is 10.6. The predicted molar refractivity (Wildman–Crippen MR) is 115 cm³/mol. The Morgan fingerprint density at radius 3 is 2.52 bits per heavy atom. The zero-order chi connectivity index (χ0) is 21.0. The van der Waals surface area contributed by atoms with Crippen LogP contribution in [-0.4, -0.2) is 30.9 Å². The number of carbonyl (C=O) groups is 1. The highest BCUT2D eigenvalue weighted by Crippen LogP contribution is 2.33. The first-order chi connectivity index (χ1) is 13.9. The number of thioether (sulfide) groups is 1. The van der Waals surface area contributed by atoms with Crippen LogP contribution in [0.5, 0.6) is 11.5 Å². The van der Waals surface area contributed by atoms with E-state index in [2.05, 4.69) is 16.4 Å². The summed E-state index contributed by atoms with van der Waals surface area (Å²) in [5.74, 6) is 1.12. The number of benzene rings is 2. The lowest BCUT2D eigenvalue weighted by molar-refractivity contribution is -0.113. The van der Waals surface area contributed by atoms with Gasteiger partial charge in [0.25, 0.3) is 0 Å². The molecule has 1 amide bonds. The maximum atomic E-state index is 12.4. The van der Waals surface area contributed by atoms with Crippen molar-refractivity contribution in [3.05, 3.63) is 53.1 Å². The van der Waals surface area contributed by atoms with Crippen LogP contribution >= 0.6 is 11.8 Å². The van der Waals surface area contributed by atoms with Crippen LogP contribution in [0.15, 0.2) is 41.4 Å². The summed E-state index contributed by atoms with van der Waals surface area (Å²) >= 11 is 1.23. The quantitative estimate of drug-likeness (QED) is 0.607. The molecule has 3 rings (SSSR count). The number of fused-ring (bicyclic) bond motifs is 1. The Balaban J connectivity index is 1.81. The molecule has 1 heterocycles. The smallest absolute Gasteiger partial charge is 0.234 e. The summed E-state index contributed by atoms with van der Waals surface area (Å²) in [5.41, 5.74) is 4.00. The molecular weight excluding hydrogens is 386 g/mol. The van der Waals surface area contributed by atoms with Crippen molar-refractivity contribution in [2.75, 3.05) is 25.3 Å². The molecule has 2 aromatic carbocycles. The van der Waals surface area contributed by atoms with Crippen LogP contribution in [0.3, 0.4) is 0 Å². The lowest BCUT2D eigenvalue weighted by atomic mass is 10.1. The fourth-order valence-electron chi connectivity index (χ4n) is 2.95. The van der Waals surface area contributed by atoms with Gasteiger partial charge in [-0.1, -0.05) is 29.5 Å². The molecule has 29 heavy (non-hydrogen) atoms. The van der Waals surface area contributed by atoms with E-state index in [1.807, 2.05) is 32.0 Å². The highest BCUT2D eigenvalue weighted by Gasteiger charge is 2.14. The maximum Gasteiger partial charge on any atom is 0.234 e. The van der Waals surface area contributed by atoms with E-state index in [1.165, 1.54) is 11.8 Å². The Bertz CT molecular complexity index is 1120. The van der Waals surface area contributed by atoms with E-state index in [1.54, 1.807) is 32.4 Å². The van der Waals surface area contributed by atoms with E-state index in [0.717, 1.165) is 22.2 Å². The van der Waals surface area contributed by atoms with E-state index < -0.39 is 0 Å². The Hall–Kier alpha value is -3.24. The summed E-state index contributed by atoms with van der Waals surface area (Å²) in [6, 6.07) is 13.3. The van der Waals surface area contributed by atoms with Gasteiger partial charge in [-0.15, -0.1) is 0 Å². The van der Waals surface area contributed by atoms with E-state index >= 15 is 0 Å². The van der Waals surface area contributed by atoms with Gasteiger partial charge < -0.3 is 14.8 Å². The largest absolute Gasteiger partial charge is 0.493 e. The first-order valence-corrected chi connectivity index (χ1v) is 9.90. The number of rotatable bonds is 6. The Morgan fingerprint density at radius 1 is 1.14 bits per heavy atom. The normalized spacial score (nSPS) is 10.4. The molecular formula is C22H21N3O3S. The number of nitrogens with zero attached hydrogens (tertiary/aromatic N) is 2. The minimum Gasteiger partial charge on any atom is -0.493 e. The van der Waals surface area contributed by atoms with Crippen molar-refractivity contribution < 1.29 is 14.3 Å². The van der Waals surface area contributed by atoms with Crippen LogP contribution in [0.25, 0.3) is 10.9 Å². The fraction of sp³-hybridized carbons (Fsp3) is 0.227. The third-order valence-corrected chi connectivity index (χ3v) is 5.39. The molecule has 0 bridgehead atoms. The Morgan fingerprint density at radius 2 is 1.86 bits per heavy atom. The fourth-order valence-corrected chi connectivity index (χ4v) is 3.71. The summed E-state index contributed by atoms with van der Waals surface area (Å²) in [5, 5.41) is 13.7. The highest BCUT2D eigenvalue weighted by molar-refractivity contribution is 8.00. The molecule has 0 aliphatic rings. The third-order valence-electron chi connectivity index (χ3n) is 4.40. The number of amides is 1. The average Bonchev–Trinajstić information content (AvgIpc) is 2.72. The van der Waals surface area contributed by atoms with Crippen molar-refractivity contribution in [3.8, 4) is 17.6 Å². The van der Waals surface area contributed by atoms with Gasteiger partial charge in [0.15, 0.2) is 11.5 Å². The molecule has 0 unspecified atom stereocenters. The zero-order valence-corrected chi connectivity index (χ0v) is 17.5. The lowest BCUT2D eigenvalue weighted by Gasteiger charge is -2.11. The molecule has 0 spiro atoms. The van der Waals surface area contributed by atoms with Gasteiger partial charge in [0, 0.05) is 17.1 Å². The summed E-state index contributed by atoms with van der Waals surface area (Å²) in [6.07, 6.45) is 0. The molecule has 148 valence electrons. The molecule has 1 N–H and O–H groups in total. The highest BCUT2D eigenvalue weighted by atomic mass is 32.2. The molecule has 0 atom stereocenters. The number of pyridine rings is 1. The van der Waals surface area contributed by atoms with Crippen LogP contribution in [0.4, 0.5) is 5.69 Å². The van der Waals surface area contributed by atoms with E-state index in [-0.39, 0.29) is 11.7 Å². The summed E-state index contributed by atoms with van der Waals surface area (Å²) in [4.78, 5) is 17.0. The number of ether oxygens (including phenoxy) is 2. The molecule has 3 aromatic rings. The molecule has 0 saturated heterocycles. The van der Waals surface area contributed by atoms with Gasteiger partial charge >= 0.3 is 0 Å².